The number of nitrogens with one attached hydrogen (secondary N) is 1. The highest BCUT2D eigenvalue weighted by atomic mass is 35.5. The Bertz CT molecular complexity index is 132. The van der Waals surface area contributed by atoms with E-state index in [0.717, 1.165) is 12.5 Å². The molecule has 0 aromatic carbocycles. The summed E-state index contributed by atoms with van der Waals surface area (Å²) in [7, 11) is 0. The minimum Gasteiger partial charge on any atom is -0.361 e. The Labute approximate surface area is 74.1 Å². The predicted molar refractivity (Wildman–Crippen MR) is 46.9 cm³/mol. The van der Waals surface area contributed by atoms with Gasteiger partial charge in [0, 0.05) is 13.2 Å². The van der Waals surface area contributed by atoms with Gasteiger partial charge in [0.1, 0.15) is 5.72 Å². The van der Waals surface area contributed by atoms with E-state index in [4.69, 9.17) is 4.74 Å². The third kappa shape index (κ3) is 1.53. The molecule has 2 nitrogen and oxygen atoms in total. The number of fused-ring (bicyclic) bond motifs is 2. The molecular weight excluding hydrogens is 162 g/mol. The molecule has 1 aliphatic carbocycles. The fraction of sp³-hybridized carbons (Fsp3) is 1.00. The van der Waals surface area contributed by atoms with Gasteiger partial charge in [0.2, 0.25) is 0 Å². The van der Waals surface area contributed by atoms with Crippen molar-refractivity contribution >= 4 is 12.4 Å². The van der Waals surface area contributed by atoms with Crippen molar-refractivity contribution in [2.75, 3.05) is 13.2 Å². The van der Waals surface area contributed by atoms with E-state index in [9.17, 15) is 0 Å². The van der Waals surface area contributed by atoms with Crippen molar-refractivity contribution in [3.63, 3.8) is 0 Å². The molecule has 66 valence electrons. The molecule has 1 N–H and O–H groups in total. The van der Waals surface area contributed by atoms with Crippen molar-refractivity contribution in [2.24, 2.45) is 5.92 Å². The number of halogens is 1. The highest BCUT2D eigenvalue weighted by molar-refractivity contribution is 5.85. The Hall–Kier alpha value is 0.210. The summed E-state index contributed by atoms with van der Waals surface area (Å²) in [4.78, 5) is 0. The fourth-order valence-electron chi connectivity index (χ4n) is 2.23. The monoisotopic (exact) mass is 177 g/mol. The second-order valence-electron chi connectivity index (χ2n) is 3.42. The zero-order chi connectivity index (χ0) is 7.03. The van der Waals surface area contributed by atoms with E-state index in [0.29, 0.717) is 0 Å². The Balaban J connectivity index is 0.000000605. The van der Waals surface area contributed by atoms with E-state index >= 15 is 0 Å². The van der Waals surface area contributed by atoms with Crippen LogP contribution in [0.15, 0.2) is 0 Å². The van der Waals surface area contributed by atoms with E-state index in [1.165, 1.54) is 25.8 Å². The van der Waals surface area contributed by atoms with Crippen molar-refractivity contribution in [3.8, 4) is 0 Å². The summed E-state index contributed by atoms with van der Waals surface area (Å²) in [5.74, 6) is 0.909. The van der Waals surface area contributed by atoms with Gasteiger partial charge in [0.15, 0.2) is 0 Å². The van der Waals surface area contributed by atoms with Crippen LogP contribution in [0.2, 0.25) is 0 Å². The molecule has 1 saturated heterocycles. The van der Waals surface area contributed by atoms with E-state index in [1.54, 1.807) is 0 Å². The first-order chi connectivity index (χ1) is 4.85. The second kappa shape index (κ2) is 3.30. The first kappa shape index (κ1) is 9.30. The Morgan fingerprint density at radius 2 is 2.45 bits per heavy atom. The van der Waals surface area contributed by atoms with Gasteiger partial charge in [-0.3, -0.25) is 5.32 Å². The molecule has 0 aromatic heterocycles. The number of hydrogen-bond donors (Lipinski definition) is 1. The van der Waals surface area contributed by atoms with Crippen LogP contribution in [0.4, 0.5) is 0 Å². The minimum absolute atomic E-state index is 0. The molecule has 3 heteroatoms. The third-order valence-corrected chi connectivity index (χ3v) is 2.71. The van der Waals surface area contributed by atoms with Crippen LogP contribution < -0.4 is 5.32 Å². The van der Waals surface area contributed by atoms with Gasteiger partial charge < -0.3 is 4.74 Å². The lowest BCUT2D eigenvalue weighted by Crippen LogP contribution is -2.42. The van der Waals surface area contributed by atoms with E-state index < -0.39 is 0 Å². The van der Waals surface area contributed by atoms with Gasteiger partial charge in [-0.2, -0.15) is 0 Å². The SMILES string of the molecule is CCOC12CCC(CN1)C2.Cl. The molecule has 1 aliphatic heterocycles. The molecule has 2 rings (SSSR count). The first-order valence-electron chi connectivity index (χ1n) is 4.24. The van der Waals surface area contributed by atoms with Crippen LogP contribution in [-0.2, 0) is 4.74 Å². The third-order valence-electron chi connectivity index (χ3n) is 2.71. The first-order valence-corrected chi connectivity index (χ1v) is 4.24. The molecule has 0 aromatic rings. The summed E-state index contributed by atoms with van der Waals surface area (Å²) < 4.78 is 5.67. The van der Waals surface area contributed by atoms with Gasteiger partial charge in [0.05, 0.1) is 0 Å². The molecule has 0 spiro atoms. The number of rotatable bonds is 2. The quantitative estimate of drug-likeness (QED) is 0.691. The van der Waals surface area contributed by atoms with Crippen LogP contribution >= 0.6 is 12.4 Å². The van der Waals surface area contributed by atoms with Crippen molar-refractivity contribution in [2.45, 2.75) is 31.9 Å². The highest BCUT2D eigenvalue weighted by Gasteiger charge is 2.45. The molecule has 1 heterocycles. The molecule has 0 amide bonds. The maximum Gasteiger partial charge on any atom is 0.119 e. The zero-order valence-corrected chi connectivity index (χ0v) is 7.75. The normalized spacial score (nSPS) is 40.6. The van der Waals surface area contributed by atoms with E-state index in [-0.39, 0.29) is 18.1 Å². The number of piperidine rings is 1. The summed E-state index contributed by atoms with van der Waals surface area (Å²) in [6.45, 7) is 4.10. The predicted octanol–water partition coefficient (Wildman–Crippen LogP) is 1.54. The minimum atomic E-state index is 0. The summed E-state index contributed by atoms with van der Waals surface area (Å²) in [5, 5.41) is 3.45. The van der Waals surface area contributed by atoms with Gasteiger partial charge in [-0.25, -0.2) is 0 Å². The molecule has 11 heavy (non-hydrogen) atoms. The van der Waals surface area contributed by atoms with Crippen molar-refractivity contribution in [3.05, 3.63) is 0 Å². The van der Waals surface area contributed by atoms with Crippen molar-refractivity contribution in [1.29, 1.82) is 0 Å². The summed E-state index contributed by atoms with van der Waals surface area (Å²) in [6, 6.07) is 0. The molecule has 1 saturated carbocycles. The highest BCUT2D eigenvalue weighted by Crippen LogP contribution is 2.40. The largest absolute Gasteiger partial charge is 0.361 e. The van der Waals surface area contributed by atoms with Crippen molar-refractivity contribution in [1.82, 2.24) is 5.32 Å². The maximum atomic E-state index is 5.67. The lowest BCUT2D eigenvalue weighted by Gasteiger charge is -2.27. The van der Waals surface area contributed by atoms with Gasteiger partial charge in [0.25, 0.3) is 0 Å². The van der Waals surface area contributed by atoms with Gasteiger partial charge >= 0.3 is 0 Å². The van der Waals surface area contributed by atoms with Crippen LogP contribution in [-0.4, -0.2) is 18.9 Å². The maximum absolute atomic E-state index is 5.67. The topological polar surface area (TPSA) is 21.3 Å². The molecule has 2 bridgehead atoms. The summed E-state index contributed by atoms with van der Waals surface area (Å²) in [6.07, 6.45) is 3.85. The molecule has 2 unspecified atom stereocenters. The molecular formula is C8H16ClNO. The van der Waals surface area contributed by atoms with Gasteiger partial charge in [-0.15, -0.1) is 12.4 Å². The molecule has 2 aliphatic rings. The van der Waals surface area contributed by atoms with Crippen LogP contribution in [0.3, 0.4) is 0 Å². The average molecular weight is 178 g/mol. The second-order valence-corrected chi connectivity index (χ2v) is 3.42. The standard InChI is InChI=1S/C8H15NO.ClH/c1-2-10-8-4-3-7(5-8)6-9-8;/h7,9H,2-6H2,1H3;1H. The lowest BCUT2D eigenvalue weighted by atomic mass is 10.1. The summed E-state index contributed by atoms with van der Waals surface area (Å²) in [5.41, 5.74) is 0.111. The van der Waals surface area contributed by atoms with Gasteiger partial charge in [-0.1, -0.05) is 0 Å². The van der Waals surface area contributed by atoms with Gasteiger partial charge in [-0.05, 0) is 32.1 Å². The van der Waals surface area contributed by atoms with E-state index in [1.807, 2.05) is 0 Å². The Morgan fingerprint density at radius 3 is 2.82 bits per heavy atom. The Kier molecular flexibility index (Phi) is 2.79. The molecule has 2 atom stereocenters. The number of ether oxygens (including phenoxy) is 1. The number of hydrogen-bond acceptors (Lipinski definition) is 2. The lowest BCUT2D eigenvalue weighted by molar-refractivity contribution is -0.0483. The molecule has 2 fully saturated rings. The Morgan fingerprint density at radius 1 is 1.64 bits per heavy atom. The van der Waals surface area contributed by atoms with Crippen molar-refractivity contribution < 1.29 is 4.74 Å². The van der Waals surface area contributed by atoms with Crippen LogP contribution in [0, 0.1) is 5.92 Å². The van der Waals surface area contributed by atoms with E-state index in [2.05, 4.69) is 12.2 Å². The fourth-order valence-corrected chi connectivity index (χ4v) is 2.23. The van der Waals surface area contributed by atoms with Crippen LogP contribution in [0.5, 0.6) is 0 Å². The summed E-state index contributed by atoms with van der Waals surface area (Å²) >= 11 is 0. The van der Waals surface area contributed by atoms with Crippen LogP contribution in [0.25, 0.3) is 0 Å². The smallest absolute Gasteiger partial charge is 0.119 e. The van der Waals surface area contributed by atoms with Crippen LogP contribution in [0.1, 0.15) is 26.2 Å². The average Bonchev–Trinajstić information content (AvgIpc) is 2.46. The zero-order valence-electron chi connectivity index (χ0n) is 6.93. The molecule has 0 radical (unpaired) electrons.